The van der Waals surface area contributed by atoms with Crippen LogP contribution in [0.3, 0.4) is 0 Å². The lowest BCUT2D eigenvalue weighted by molar-refractivity contribution is 0.136. The lowest BCUT2D eigenvalue weighted by Crippen LogP contribution is -2.27. The highest BCUT2D eigenvalue weighted by molar-refractivity contribution is 7.89. The summed E-state index contributed by atoms with van der Waals surface area (Å²) in [7, 11) is -1.77. The smallest absolute Gasteiger partial charge is 0.242 e. The zero-order valence-corrected chi connectivity index (χ0v) is 12.2. The summed E-state index contributed by atoms with van der Waals surface area (Å²) < 4.78 is 31.6. The molecule has 0 radical (unpaired) electrons. The molecule has 1 heterocycles. The van der Waals surface area contributed by atoms with Gasteiger partial charge in [0, 0.05) is 26.4 Å². The molecule has 1 rings (SSSR count). The monoisotopic (exact) mass is 287 g/mol. The molecule has 0 saturated carbocycles. The summed E-state index contributed by atoms with van der Waals surface area (Å²) in [6.07, 6.45) is 3.38. The Morgan fingerprint density at radius 2 is 2.11 bits per heavy atom. The van der Waals surface area contributed by atoms with Crippen molar-refractivity contribution in [3.8, 4) is 0 Å². The van der Waals surface area contributed by atoms with Gasteiger partial charge in [-0.3, -0.25) is 0 Å². The van der Waals surface area contributed by atoms with Gasteiger partial charge in [-0.05, 0) is 18.6 Å². The van der Waals surface area contributed by atoms with E-state index in [1.165, 1.54) is 12.3 Å². The van der Waals surface area contributed by atoms with Crippen molar-refractivity contribution >= 4 is 15.8 Å². The Balaban J connectivity index is 2.42. The van der Waals surface area contributed by atoms with Gasteiger partial charge in [-0.1, -0.05) is 13.3 Å². The van der Waals surface area contributed by atoms with Gasteiger partial charge in [-0.25, -0.2) is 18.1 Å². The predicted molar refractivity (Wildman–Crippen MR) is 74.7 cm³/mol. The maximum absolute atomic E-state index is 11.9. The zero-order chi connectivity index (χ0) is 14.1. The van der Waals surface area contributed by atoms with Gasteiger partial charge >= 0.3 is 0 Å². The molecule has 0 aliphatic heterocycles. The van der Waals surface area contributed by atoms with Crippen LogP contribution < -0.4 is 10.0 Å². The van der Waals surface area contributed by atoms with Crippen molar-refractivity contribution in [2.24, 2.45) is 0 Å². The second kappa shape index (κ2) is 8.08. The Labute approximate surface area is 114 Å². The number of unbranched alkanes of at least 4 members (excludes halogenated alkanes) is 1. The second-order valence-electron chi connectivity index (χ2n) is 3.99. The van der Waals surface area contributed by atoms with E-state index >= 15 is 0 Å². The van der Waals surface area contributed by atoms with E-state index in [2.05, 4.69) is 21.9 Å². The van der Waals surface area contributed by atoms with E-state index in [0.29, 0.717) is 19.0 Å². The third-order valence-corrected chi connectivity index (χ3v) is 3.93. The summed E-state index contributed by atoms with van der Waals surface area (Å²) in [4.78, 5) is 4.12. The van der Waals surface area contributed by atoms with Crippen LogP contribution in [0.2, 0.25) is 0 Å². The summed E-state index contributed by atoms with van der Waals surface area (Å²) in [6, 6.07) is 3.13. The average molecular weight is 287 g/mol. The SMILES string of the molecule is CCCCOCCNS(=O)(=O)c1ccc(NC)nc1. The number of rotatable bonds is 9. The molecule has 6 nitrogen and oxygen atoms in total. The van der Waals surface area contributed by atoms with Crippen molar-refractivity contribution in [3.05, 3.63) is 18.3 Å². The summed E-state index contributed by atoms with van der Waals surface area (Å²) in [5.74, 6) is 0.627. The van der Waals surface area contributed by atoms with Gasteiger partial charge in [-0.2, -0.15) is 0 Å². The molecule has 0 atom stereocenters. The maximum Gasteiger partial charge on any atom is 0.242 e. The normalized spacial score (nSPS) is 11.5. The molecule has 0 fully saturated rings. The molecule has 19 heavy (non-hydrogen) atoms. The van der Waals surface area contributed by atoms with Crippen LogP contribution in [0, 0.1) is 0 Å². The third-order valence-electron chi connectivity index (χ3n) is 2.48. The molecule has 0 unspecified atom stereocenters. The molecule has 0 spiro atoms. The lowest BCUT2D eigenvalue weighted by atomic mass is 10.4. The first-order chi connectivity index (χ1) is 9.10. The van der Waals surface area contributed by atoms with Gasteiger partial charge in [-0.15, -0.1) is 0 Å². The fourth-order valence-electron chi connectivity index (χ4n) is 1.37. The molecular formula is C12H21N3O3S. The lowest BCUT2D eigenvalue weighted by Gasteiger charge is -2.07. The molecule has 1 aromatic rings. The Morgan fingerprint density at radius 3 is 2.68 bits per heavy atom. The van der Waals surface area contributed by atoms with Gasteiger partial charge in [0.05, 0.1) is 6.61 Å². The second-order valence-corrected chi connectivity index (χ2v) is 5.76. The number of pyridine rings is 1. The fourth-order valence-corrected chi connectivity index (χ4v) is 2.32. The minimum absolute atomic E-state index is 0.153. The molecule has 0 amide bonds. The minimum atomic E-state index is -3.50. The van der Waals surface area contributed by atoms with Crippen molar-refractivity contribution in [1.29, 1.82) is 0 Å². The first-order valence-corrected chi connectivity index (χ1v) is 7.79. The number of nitrogens with zero attached hydrogens (tertiary/aromatic N) is 1. The molecule has 0 aliphatic carbocycles. The van der Waals surface area contributed by atoms with Crippen LogP contribution in [0.4, 0.5) is 5.82 Å². The number of nitrogens with one attached hydrogen (secondary N) is 2. The number of hydrogen-bond acceptors (Lipinski definition) is 5. The van der Waals surface area contributed by atoms with Crippen molar-refractivity contribution in [3.63, 3.8) is 0 Å². The summed E-state index contributed by atoms with van der Waals surface area (Å²) in [5.41, 5.74) is 0. The molecule has 0 saturated heterocycles. The van der Waals surface area contributed by atoms with Crippen LogP contribution in [0.25, 0.3) is 0 Å². The van der Waals surface area contributed by atoms with Crippen molar-refractivity contribution in [2.75, 3.05) is 32.1 Å². The highest BCUT2D eigenvalue weighted by Crippen LogP contribution is 2.09. The topological polar surface area (TPSA) is 80.3 Å². The first-order valence-electron chi connectivity index (χ1n) is 6.31. The number of aromatic nitrogens is 1. The third kappa shape index (κ3) is 5.54. The van der Waals surface area contributed by atoms with Crippen LogP contribution >= 0.6 is 0 Å². The Hall–Kier alpha value is -1.18. The van der Waals surface area contributed by atoms with E-state index in [1.54, 1.807) is 13.1 Å². The van der Waals surface area contributed by atoms with Crippen molar-refractivity contribution in [1.82, 2.24) is 9.71 Å². The fraction of sp³-hybridized carbons (Fsp3) is 0.583. The van der Waals surface area contributed by atoms with Crippen LogP contribution in [0.1, 0.15) is 19.8 Å². The highest BCUT2D eigenvalue weighted by Gasteiger charge is 2.13. The van der Waals surface area contributed by atoms with E-state index in [4.69, 9.17) is 4.74 Å². The molecule has 0 aliphatic rings. The van der Waals surface area contributed by atoms with Gasteiger partial charge < -0.3 is 10.1 Å². The molecule has 0 aromatic carbocycles. The first kappa shape index (κ1) is 15.9. The van der Waals surface area contributed by atoms with Crippen LogP contribution in [-0.4, -0.2) is 40.2 Å². The van der Waals surface area contributed by atoms with Crippen LogP contribution in [0.5, 0.6) is 0 Å². The Morgan fingerprint density at radius 1 is 1.32 bits per heavy atom. The Bertz CT molecular complexity index is 460. The number of ether oxygens (including phenoxy) is 1. The van der Waals surface area contributed by atoms with E-state index in [-0.39, 0.29) is 11.4 Å². The van der Waals surface area contributed by atoms with E-state index in [1.807, 2.05) is 0 Å². The summed E-state index contributed by atoms with van der Waals surface area (Å²) in [5, 5.41) is 2.83. The zero-order valence-electron chi connectivity index (χ0n) is 11.3. The quantitative estimate of drug-likeness (QED) is 0.667. The van der Waals surface area contributed by atoms with E-state index < -0.39 is 10.0 Å². The van der Waals surface area contributed by atoms with Crippen LogP contribution in [-0.2, 0) is 14.8 Å². The van der Waals surface area contributed by atoms with Crippen LogP contribution in [0.15, 0.2) is 23.2 Å². The van der Waals surface area contributed by atoms with Gasteiger partial charge in [0.1, 0.15) is 10.7 Å². The maximum atomic E-state index is 11.9. The van der Waals surface area contributed by atoms with E-state index in [9.17, 15) is 8.42 Å². The number of sulfonamides is 1. The minimum Gasteiger partial charge on any atom is -0.380 e. The molecule has 2 N–H and O–H groups in total. The van der Waals surface area contributed by atoms with Crippen molar-refractivity contribution in [2.45, 2.75) is 24.7 Å². The Kier molecular flexibility index (Phi) is 6.75. The summed E-state index contributed by atoms with van der Waals surface area (Å²) >= 11 is 0. The standard InChI is InChI=1S/C12H21N3O3S/c1-3-4-8-18-9-7-15-19(16,17)11-5-6-12(13-2)14-10-11/h5-6,10,15H,3-4,7-9H2,1-2H3,(H,13,14). The largest absolute Gasteiger partial charge is 0.380 e. The van der Waals surface area contributed by atoms with Gasteiger partial charge in [0.2, 0.25) is 10.0 Å². The summed E-state index contributed by atoms with van der Waals surface area (Å²) in [6.45, 7) is 3.38. The molecule has 1 aromatic heterocycles. The van der Waals surface area contributed by atoms with Gasteiger partial charge in [0.15, 0.2) is 0 Å². The molecule has 108 valence electrons. The number of hydrogen-bond donors (Lipinski definition) is 2. The van der Waals surface area contributed by atoms with E-state index in [0.717, 1.165) is 12.8 Å². The highest BCUT2D eigenvalue weighted by atomic mass is 32.2. The molecule has 0 bridgehead atoms. The molecular weight excluding hydrogens is 266 g/mol. The average Bonchev–Trinajstić information content (AvgIpc) is 2.43. The predicted octanol–water partition coefficient (Wildman–Crippen LogP) is 1.22. The molecule has 7 heteroatoms. The number of anilines is 1. The van der Waals surface area contributed by atoms with Crippen molar-refractivity contribution < 1.29 is 13.2 Å². The van der Waals surface area contributed by atoms with Gasteiger partial charge in [0.25, 0.3) is 0 Å².